The van der Waals surface area contributed by atoms with Crippen molar-refractivity contribution >= 4 is 15.9 Å². The van der Waals surface area contributed by atoms with Gasteiger partial charge in [0.25, 0.3) is 10.0 Å². The Kier molecular flexibility index (Phi) is 6.61. The quantitative estimate of drug-likeness (QED) is 0.384. The van der Waals surface area contributed by atoms with Crippen molar-refractivity contribution in [3.8, 4) is 22.8 Å². The highest BCUT2D eigenvalue weighted by molar-refractivity contribution is 7.90. The van der Waals surface area contributed by atoms with Crippen molar-refractivity contribution in [3.05, 3.63) is 77.2 Å². The van der Waals surface area contributed by atoms with Crippen molar-refractivity contribution in [2.45, 2.75) is 32.3 Å². The molecule has 4 rings (SSSR count). The highest BCUT2D eigenvalue weighted by Gasteiger charge is 2.28. The van der Waals surface area contributed by atoms with Crippen LogP contribution in [0.4, 0.5) is 0 Å². The van der Waals surface area contributed by atoms with Crippen molar-refractivity contribution in [1.29, 1.82) is 0 Å². The number of ether oxygens (including phenoxy) is 2. The number of nitrogens with zero attached hydrogens (tertiary/aromatic N) is 2. The molecule has 0 bridgehead atoms. The lowest BCUT2D eigenvalue weighted by Gasteiger charge is -2.07. The Hall–Kier alpha value is -4.12. The molecule has 0 radical (unpaired) electrons. The molecule has 35 heavy (non-hydrogen) atoms. The van der Waals surface area contributed by atoms with Gasteiger partial charge < -0.3 is 18.4 Å². The molecule has 0 saturated heterocycles. The number of nitrogens with one attached hydrogen (secondary N) is 1. The summed E-state index contributed by atoms with van der Waals surface area (Å²) < 4.78 is 48.4. The second-order valence-corrected chi connectivity index (χ2v) is 9.30. The molecule has 0 unspecified atom stereocenters. The van der Waals surface area contributed by atoms with Crippen LogP contribution in [0.1, 0.15) is 33.3 Å². The molecule has 4 aromatic rings. The minimum atomic E-state index is -4.17. The van der Waals surface area contributed by atoms with Gasteiger partial charge in [-0.25, -0.2) is 13.1 Å². The lowest BCUT2D eigenvalue weighted by Crippen LogP contribution is -2.31. The molecular formula is C24H23N3O7S. The van der Waals surface area contributed by atoms with Gasteiger partial charge in [0.1, 0.15) is 29.6 Å². The summed E-state index contributed by atoms with van der Waals surface area (Å²) in [6.07, 6.45) is 1.65. The van der Waals surface area contributed by atoms with Crippen LogP contribution in [-0.2, 0) is 16.6 Å². The van der Waals surface area contributed by atoms with E-state index in [9.17, 15) is 13.2 Å². The average Bonchev–Trinajstić information content (AvgIpc) is 3.39. The van der Waals surface area contributed by atoms with Crippen molar-refractivity contribution in [1.82, 2.24) is 14.9 Å². The Balaban J connectivity index is 1.41. The molecule has 0 aliphatic carbocycles. The number of amides is 1. The molecule has 1 amide bonds. The molecule has 0 aliphatic heterocycles. The SMILES string of the molecule is COc1ccc(-c2ccc(OCc3cc(C(=O)NS(=O)(=O)c4c(C)noc4C)oc3C)cc2)nc1. The second-order valence-electron chi connectivity index (χ2n) is 7.68. The fourth-order valence-electron chi connectivity index (χ4n) is 3.41. The van der Waals surface area contributed by atoms with Gasteiger partial charge in [0.2, 0.25) is 0 Å². The van der Waals surface area contributed by atoms with Crippen LogP contribution >= 0.6 is 0 Å². The summed E-state index contributed by atoms with van der Waals surface area (Å²) in [5.74, 6) is 0.742. The largest absolute Gasteiger partial charge is 0.495 e. The van der Waals surface area contributed by atoms with Gasteiger partial charge in [-0.05, 0) is 63.2 Å². The summed E-state index contributed by atoms with van der Waals surface area (Å²) in [5, 5.41) is 3.61. The van der Waals surface area contributed by atoms with E-state index in [0.29, 0.717) is 22.8 Å². The molecule has 3 aromatic heterocycles. The number of aromatic nitrogens is 2. The van der Waals surface area contributed by atoms with Crippen LogP contribution in [0.3, 0.4) is 0 Å². The number of carbonyl (C=O) groups excluding carboxylic acids is 1. The smallest absolute Gasteiger partial charge is 0.300 e. The standard InChI is InChI=1S/C24H23N3O7S/c1-14-23(16(3)34-26-14)35(29,30)27-24(28)22-11-18(15(2)33-22)13-32-19-7-5-17(6-8-19)21-10-9-20(31-4)12-25-21/h5-12H,13H2,1-4H3,(H,27,28). The van der Waals surface area contributed by atoms with Crippen LogP contribution in [0.2, 0.25) is 0 Å². The van der Waals surface area contributed by atoms with Crippen LogP contribution in [0.25, 0.3) is 11.3 Å². The van der Waals surface area contributed by atoms with Crippen molar-refractivity contribution < 1.29 is 31.6 Å². The average molecular weight is 498 g/mol. The number of benzene rings is 1. The maximum atomic E-state index is 12.6. The van der Waals surface area contributed by atoms with Gasteiger partial charge >= 0.3 is 5.91 Å². The number of sulfonamides is 1. The van der Waals surface area contributed by atoms with E-state index in [1.165, 1.54) is 19.9 Å². The number of furan rings is 1. The first-order chi connectivity index (χ1) is 16.7. The number of hydrogen-bond donors (Lipinski definition) is 1. The molecule has 0 fully saturated rings. The van der Waals surface area contributed by atoms with E-state index < -0.39 is 15.9 Å². The monoisotopic (exact) mass is 497 g/mol. The summed E-state index contributed by atoms with van der Waals surface area (Å²) in [6, 6.07) is 12.5. The van der Waals surface area contributed by atoms with Crippen molar-refractivity contribution in [3.63, 3.8) is 0 Å². The van der Waals surface area contributed by atoms with E-state index >= 15 is 0 Å². The number of methoxy groups -OCH3 is 1. The predicted octanol–water partition coefficient (Wildman–Crippen LogP) is 3.96. The number of hydrogen-bond acceptors (Lipinski definition) is 9. The molecule has 182 valence electrons. The van der Waals surface area contributed by atoms with Crippen LogP contribution < -0.4 is 14.2 Å². The first-order valence-electron chi connectivity index (χ1n) is 10.5. The molecule has 0 atom stereocenters. The normalized spacial score (nSPS) is 11.3. The zero-order chi connectivity index (χ0) is 25.2. The molecule has 0 saturated carbocycles. The Bertz CT molecular complexity index is 1430. The minimum Gasteiger partial charge on any atom is -0.495 e. The Morgan fingerprint density at radius 2 is 1.74 bits per heavy atom. The summed E-state index contributed by atoms with van der Waals surface area (Å²) in [4.78, 5) is 16.7. The zero-order valence-electron chi connectivity index (χ0n) is 19.5. The third kappa shape index (κ3) is 5.19. The van der Waals surface area contributed by atoms with Crippen LogP contribution in [0.15, 0.2) is 62.5 Å². The van der Waals surface area contributed by atoms with E-state index in [0.717, 1.165) is 11.3 Å². The molecule has 0 spiro atoms. The van der Waals surface area contributed by atoms with Crippen LogP contribution in [-0.4, -0.2) is 31.6 Å². The maximum absolute atomic E-state index is 12.6. The summed E-state index contributed by atoms with van der Waals surface area (Å²) in [7, 11) is -2.59. The maximum Gasteiger partial charge on any atom is 0.300 e. The molecule has 10 nitrogen and oxygen atoms in total. The van der Waals surface area contributed by atoms with Gasteiger partial charge in [-0.2, -0.15) is 0 Å². The second kappa shape index (κ2) is 9.63. The Morgan fingerprint density at radius 3 is 2.34 bits per heavy atom. The number of carbonyl (C=O) groups is 1. The van der Waals surface area contributed by atoms with Crippen molar-refractivity contribution in [2.75, 3.05) is 7.11 Å². The molecule has 1 N–H and O–H groups in total. The fourth-order valence-corrected chi connectivity index (χ4v) is 4.70. The van der Waals surface area contributed by atoms with Crippen LogP contribution in [0, 0.1) is 20.8 Å². The van der Waals surface area contributed by atoms with Gasteiger partial charge in [-0.3, -0.25) is 9.78 Å². The van der Waals surface area contributed by atoms with E-state index in [2.05, 4.69) is 10.1 Å². The molecule has 3 heterocycles. The van der Waals surface area contributed by atoms with Crippen molar-refractivity contribution in [2.24, 2.45) is 0 Å². The van der Waals surface area contributed by atoms with E-state index in [4.69, 9.17) is 18.4 Å². The Morgan fingerprint density at radius 1 is 1.03 bits per heavy atom. The lowest BCUT2D eigenvalue weighted by molar-refractivity contribution is 0.0953. The number of aryl methyl sites for hydroxylation is 3. The molecule has 1 aromatic carbocycles. The summed E-state index contributed by atoms with van der Waals surface area (Å²) >= 11 is 0. The van der Waals surface area contributed by atoms with Crippen LogP contribution in [0.5, 0.6) is 11.5 Å². The highest BCUT2D eigenvalue weighted by atomic mass is 32.2. The minimum absolute atomic E-state index is 0.0845. The van der Waals surface area contributed by atoms with Gasteiger partial charge in [0, 0.05) is 11.1 Å². The summed E-state index contributed by atoms with van der Waals surface area (Å²) in [6.45, 7) is 4.71. The summed E-state index contributed by atoms with van der Waals surface area (Å²) in [5.41, 5.74) is 2.47. The fraction of sp³-hybridized carbons (Fsp3) is 0.208. The Labute approximate surface area is 201 Å². The zero-order valence-corrected chi connectivity index (χ0v) is 20.3. The molecular weight excluding hydrogens is 474 g/mol. The molecule has 11 heteroatoms. The third-order valence-corrected chi connectivity index (χ3v) is 6.80. The van der Waals surface area contributed by atoms with Gasteiger partial charge in [-0.15, -0.1) is 0 Å². The predicted molar refractivity (Wildman–Crippen MR) is 125 cm³/mol. The number of rotatable bonds is 8. The molecule has 0 aliphatic rings. The van der Waals surface area contributed by atoms with E-state index in [-0.39, 0.29) is 28.7 Å². The lowest BCUT2D eigenvalue weighted by atomic mass is 10.1. The number of pyridine rings is 1. The van der Waals surface area contributed by atoms with E-state index in [1.807, 2.05) is 29.0 Å². The first-order valence-corrected chi connectivity index (χ1v) is 12.0. The third-order valence-electron chi connectivity index (χ3n) is 5.22. The van der Waals surface area contributed by atoms with E-state index in [1.54, 1.807) is 32.4 Å². The van der Waals surface area contributed by atoms with Gasteiger partial charge in [-0.1, -0.05) is 5.16 Å². The van der Waals surface area contributed by atoms with Gasteiger partial charge in [0.05, 0.1) is 19.0 Å². The topological polar surface area (TPSA) is 134 Å². The highest BCUT2D eigenvalue weighted by Crippen LogP contribution is 2.24. The van der Waals surface area contributed by atoms with Gasteiger partial charge in [0.15, 0.2) is 16.4 Å². The first kappa shape index (κ1) is 24.0.